The van der Waals surface area contributed by atoms with Crippen molar-refractivity contribution in [1.82, 2.24) is 9.88 Å². The van der Waals surface area contributed by atoms with Gasteiger partial charge in [-0.05, 0) is 63.5 Å². The number of nitrogens with one attached hydrogen (secondary N) is 1. The maximum atomic E-state index is 12.3. The quantitative estimate of drug-likeness (QED) is 0.629. The molecular formula is C17H28BrN3O5S. The van der Waals surface area contributed by atoms with Gasteiger partial charge in [0.15, 0.2) is 0 Å². The van der Waals surface area contributed by atoms with E-state index in [2.05, 4.69) is 25.6 Å². The van der Waals surface area contributed by atoms with Crippen LogP contribution in [0, 0.1) is 0 Å². The number of rotatable bonds is 8. The summed E-state index contributed by atoms with van der Waals surface area (Å²) < 4.78 is 37.8. The molecular weight excluding hydrogens is 438 g/mol. The SMILES string of the molecule is CCS(=O)(=O)Nc1cc(Br)cnc1OCCN(C(=O)OC(C)(C)C)C(C)C. The molecule has 1 aromatic heterocycles. The average Bonchev–Trinajstić information content (AvgIpc) is 2.50. The molecule has 0 atom stereocenters. The molecule has 8 nitrogen and oxygen atoms in total. The van der Waals surface area contributed by atoms with Gasteiger partial charge in [0.05, 0.1) is 12.3 Å². The molecule has 0 fully saturated rings. The summed E-state index contributed by atoms with van der Waals surface area (Å²) in [5.41, 5.74) is -0.358. The van der Waals surface area contributed by atoms with Gasteiger partial charge in [-0.25, -0.2) is 18.2 Å². The van der Waals surface area contributed by atoms with Gasteiger partial charge in [-0.1, -0.05) is 0 Å². The molecule has 27 heavy (non-hydrogen) atoms. The van der Waals surface area contributed by atoms with Crippen LogP contribution >= 0.6 is 15.9 Å². The summed E-state index contributed by atoms with van der Waals surface area (Å²) >= 11 is 3.26. The summed E-state index contributed by atoms with van der Waals surface area (Å²) in [5.74, 6) is 0.0711. The number of ether oxygens (including phenoxy) is 2. The Kier molecular flexibility index (Phi) is 8.34. The minimum atomic E-state index is -3.48. The van der Waals surface area contributed by atoms with E-state index in [1.54, 1.807) is 31.7 Å². The fourth-order valence-electron chi connectivity index (χ4n) is 1.98. The van der Waals surface area contributed by atoms with Crippen molar-refractivity contribution in [3.05, 3.63) is 16.7 Å². The fraction of sp³-hybridized carbons (Fsp3) is 0.647. The van der Waals surface area contributed by atoms with Gasteiger partial charge in [0.25, 0.3) is 0 Å². The van der Waals surface area contributed by atoms with Crippen molar-refractivity contribution in [3.63, 3.8) is 0 Å². The third kappa shape index (κ3) is 8.34. The van der Waals surface area contributed by atoms with Crippen molar-refractivity contribution in [2.24, 2.45) is 0 Å². The Balaban J connectivity index is 2.83. The van der Waals surface area contributed by atoms with Crippen LogP contribution in [0.3, 0.4) is 0 Å². The second-order valence-electron chi connectivity index (χ2n) is 7.13. The van der Waals surface area contributed by atoms with Crippen LogP contribution in [0.1, 0.15) is 41.5 Å². The average molecular weight is 466 g/mol. The van der Waals surface area contributed by atoms with Crippen LogP contribution in [0.25, 0.3) is 0 Å². The van der Waals surface area contributed by atoms with Crippen LogP contribution < -0.4 is 9.46 Å². The molecule has 1 aromatic rings. The van der Waals surface area contributed by atoms with E-state index in [1.165, 1.54) is 13.1 Å². The summed E-state index contributed by atoms with van der Waals surface area (Å²) in [7, 11) is -3.48. The highest BCUT2D eigenvalue weighted by Gasteiger charge is 2.24. The van der Waals surface area contributed by atoms with Crippen molar-refractivity contribution in [1.29, 1.82) is 0 Å². The van der Waals surface area contributed by atoms with Crippen LogP contribution in [-0.4, -0.2) is 54.9 Å². The van der Waals surface area contributed by atoms with Crippen molar-refractivity contribution in [2.75, 3.05) is 23.6 Å². The normalized spacial score (nSPS) is 12.0. The number of halogens is 1. The molecule has 1 amide bonds. The van der Waals surface area contributed by atoms with Gasteiger partial charge in [-0.3, -0.25) is 4.72 Å². The first-order valence-corrected chi connectivity index (χ1v) is 11.1. The van der Waals surface area contributed by atoms with E-state index in [9.17, 15) is 13.2 Å². The van der Waals surface area contributed by atoms with Gasteiger partial charge in [0, 0.05) is 16.7 Å². The molecule has 1 N–H and O–H groups in total. The Labute approximate surface area is 169 Å². The number of sulfonamides is 1. The van der Waals surface area contributed by atoms with E-state index in [-0.39, 0.29) is 36.5 Å². The molecule has 0 aliphatic carbocycles. The molecule has 0 bridgehead atoms. The van der Waals surface area contributed by atoms with Gasteiger partial charge in [0.1, 0.15) is 17.9 Å². The van der Waals surface area contributed by atoms with E-state index in [0.29, 0.717) is 4.47 Å². The number of hydrogen-bond acceptors (Lipinski definition) is 6. The lowest BCUT2D eigenvalue weighted by atomic mass is 10.2. The van der Waals surface area contributed by atoms with Crippen molar-refractivity contribution < 1.29 is 22.7 Å². The van der Waals surface area contributed by atoms with E-state index in [4.69, 9.17) is 9.47 Å². The molecule has 0 saturated heterocycles. The number of aromatic nitrogens is 1. The van der Waals surface area contributed by atoms with Gasteiger partial charge >= 0.3 is 6.09 Å². The van der Waals surface area contributed by atoms with E-state index < -0.39 is 21.7 Å². The molecule has 1 heterocycles. The highest BCUT2D eigenvalue weighted by molar-refractivity contribution is 9.10. The molecule has 0 unspecified atom stereocenters. The summed E-state index contributed by atoms with van der Waals surface area (Å²) in [4.78, 5) is 18.0. The Bertz CT molecular complexity index is 747. The van der Waals surface area contributed by atoms with Crippen LogP contribution in [-0.2, 0) is 14.8 Å². The maximum Gasteiger partial charge on any atom is 0.410 e. The Morgan fingerprint density at radius 1 is 1.37 bits per heavy atom. The molecule has 0 aromatic carbocycles. The monoisotopic (exact) mass is 465 g/mol. The van der Waals surface area contributed by atoms with Crippen LogP contribution in [0.4, 0.5) is 10.5 Å². The Morgan fingerprint density at radius 3 is 2.52 bits per heavy atom. The molecule has 0 aliphatic heterocycles. The molecule has 0 aliphatic rings. The number of amides is 1. The molecule has 154 valence electrons. The maximum absolute atomic E-state index is 12.3. The number of anilines is 1. The first-order chi connectivity index (χ1) is 12.3. The zero-order valence-electron chi connectivity index (χ0n) is 16.6. The third-order valence-electron chi connectivity index (χ3n) is 3.29. The lowest BCUT2D eigenvalue weighted by Crippen LogP contribution is -2.43. The third-order valence-corrected chi connectivity index (χ3v) is 5.01. The summed E-state index contributed by atoms with van der Waals surface area (Å²) in [5, 5.41) is 0. The first-order valence-electron chi connectivity index (χ1n) is 8.63. The predicted molar refractivity (Wildman–Crippen MR) is 109 cm³/mol. The summed E-state index contributed by atoms with van der Waals surface area (Å²) in [6, 6.07) is 1.49. The standard InChI is InChI=1S/C17H28BrN3O5S/c1-7-27(23,24)20-14-10-13(18)11-19-15(14)25-9-8-21(12(2)3)16(22)26-17(4,5)6/h10-12,20H,7-9H2,1-6H3. The summed E-state index contributed by atoms with van der Waals surface area (Å²) in [6.45, 7) is 11.1. The number of carbonyl (C=O) groups is 1. The lowest BCUT2D eigenvalue weighted by molar-refractivity contribution is 0.0163. The predicted octanol–water partition coefficient (Wildman–Crippen LogP) is 3.63. The largest absolute Gasteiger partial charge is 0.474 e. The molecule has 0 radical (unpaired) electrons. The highest BCUT2D eigenvalue weighted by Crippen LogP contribution is 2.26. The van der Waals surface area contributed by atoms with E-state index in [1.807, 2.05) is 13.8 Å². The van der Waals surface area contributed by atoms with Gasteiger partial charge in [0.2, 0.25) is 15.9 Å². The second kappa shape index (κ2) is 9.59. The molecule has 0 spiro atoms. The zero-order chi connectivity index (χ0) is 20.8. The summed E-state index contributed by atoms with van der Waals surface area (Å²) in [6.07, 6.45) is 1.07. The van der Waals surface area contributed by atoms with Crippen molar-refractivity contribution in [3.8, 4) is 5.88 Å². The van der Waals surface area contributed by atoms with Crippen molar-refractivity contribution in [2.45, 2.75) is 53.2 Å². The van der Waals surface area contributed by atoms with Crippen LogP contribution in [0.5, 0.6) is 5.88 Å². The van der Waals surface area contributed by atoms with Crippen molar-refractivity contribution >= 4 is 37.7 Å². The number of hydrogen-bond donors (Lipinski definition) is 1. The van der Waals surface area contributed by atoms with Crippen LogP contribution in [0.2, 0.25) is 0 Å². The minimum absolute atomic E-state index is 0.0707. The minimum Gasteiger partial charge on any atom is -0.474 e. The first kappa shape index (κ1) is 23.5. The Hall–Kier alpha value is -1.55. The van der Waals surface area contributed by atoms with E-state index in [0.717, 1.165) is 0 Å². The molecule has 1 rings (SSSR count). The second-order valence-corrected chi connectivity index (χ2v) is 10.1. The number of nitrogens with zero attached hydrogens (tertiary/aromatic N) is 2. The zero-order valence-corrected chi connectivity index (χ0v) is 19.0. The fourth-order valence-corrected chi connectivity index (χ4v) is 2.93. The topological polar surface area (TPSA) is 97.8 Å². The highest BCUT2D eigenvalue weighted by atomic mass is 79.9. The lowest BCUT2D eigenvalue weighted by Gasteiger charge is -2.30. The van der Waals surface area contributed by atoms with E-state index >= 15 is 0 Å². The van der Waals surface area contributed by atoms with Gasteiger partial charge in [-0.15, -0.1) is 0 Å². The molecule has 10 heteroatoms. The number of pyridine rings is 1. The Morgan fingerprint density at radius 2 is 2.00 bits per heavy atom. The number of carbonyl (C=O) groups excluding carboxylic acids is 1. The van der Waals surface area contributed by atoms with Gasteiger partial charge < -0.3 is 14.4 Å². The van der Waals surface area contributed by atoms with Crippen LogP contribution in [0.15, 0.2) is 16.7 Å². The van der Waals surface area contributed by atoms with Gasteiger partial charge in [-0.2, -0.15) is 0 Å². The smallest absolute Gasteiger partial charge is 0.410 e. The molecule has 0 saturated carbocycles.